The average Bonchev–Trinajstić information content (AvgIpc) is 3.32. The Labute approximate surface area is 222 Å². The van der Waals surface area contributed by atoms with Gasteiger partial charge in [-0.05, 0) is 43.4 Å². The van der Waals surface area contributed by atoms with Crippen molar-refractivity contribution in [1.82, 2.24) is 10.6 Å². The quantitative estimate of drug-likeness (QED) is 0.309. The van der Waals surface area contributed by atoms with Gasteiger partial charge in [0.15, 0.2) is 5.12 Å². The summed E-state index contributed by atoms with van der Waals surface area (Å²) < 4.78 is 10.4. The summed E-state index contributed by atoms with van der Waals surface area (Å²) in [5.41, 5.74) is -0.429. The number of benzene rings is 1. The first-order chi connectivity index (χ1) is 17.5. The van der Waals surface area contributed by atoms with Crippen LogP contribution in [-0.4, -0.2) is 52.3 Å². The Balaban J connectivity index is 2.21. The van der Waals surface area contributed by atoms with E-state index < -0.39 is 28.7 Å². The van der Waals surface area contributed by atoms with Crippen LogP contribution in [0.3, 0.4) is 0 Å². The third kappa shape index (κ3) is 8.87. The zero-order valence-electron chi connectivity index (χ0n) is 22.3. The van der Waals surface area contributed by atoms with Crippen molar-refractivity contribution >= 4 is 40.6 Å². The molecule has 2 amide bonds. The van der Waals surface area contributed by atoms with Crippen LogP contribution in [0.25, 0.3) is 0 Å². The molecule has 9 nitrogen and oxygen atoms in total. The fourth-order valence-corrected chi connectivity index (χ4v) is 5.03. The third-order valence-corrected chi connectivity index (χ3v) is 7.52. The van der Waals surface area contributed by atoms with Crippen molar-refractivity contribution in [2.75, 3.05) is 6.61 Å². The van der Waals surface area contributed by atoms with Crippen molar-refractivity contribution in [3.8, 4) is 5.75 Å². The number of carbonyl (C=O) groups excluding carboxylic acids is 5. The summed E-state index contributed by atoms with van der Waals surface area (Å²) in [6.45, 7) is 8.66. The highest BCUT2D eigenvalue weighted by Crippen LogP contribution is 2.32. The van der Waals surface area contributed by atoms with Crippen molar-refractivity contribution < 1.29 is 33.4 Å². The minimum absolute atomic E-state index is 0.109. The van der Waals surface area contributed by atoms with Crippen LogP contribution in [0.5, 0.6) is 5.75 Å². The van der Waals surface area contributed by atoms with Gasteiger partial charge >= 0.3 is 11.9 Å². The molecular formula is C27H38N2O7S. The summed E-state index contributed by atoms with van der Waals surface area (Å²) in [5.74, 6) is -1.46. The summed E-state index contributed by atoms with van der Waals surface area (Å²) in [5, 5.41) is 4.95. The lowest BCUT2D eigenvalue weighted by atomic mass is 9.94. The molecule has 0 bridgehead atoms. The number of thioether (sulfide) groups is 1. The maximum atomic E-state index is 13.6. The van der Waals surface area contributed by atoms with Crippen molar-refractivity contribution in [2.24, 2.45) is 5.92 Å². The van der Waals surface area contributed by atoms with E-state index in [9.17, 15) is 24.0 Å². The highest BCUT2D eigenvalue weighted by atomic mass is 32.2. The molecule has 1 aliphatic carbocycles. The van der Waals surface area contributed by atoms with Crippen LogP contribution in [0.2, 0.25) is 0 Å². The van der Waals surface area contributed by atoms with Gasteiger partial charge in [0.25, 0.3) is 0 Å². The fraction of sp³-hybridized carbons (Fsp3) is 0.593. The number of amides is 2. The Bertz CT molecular complexity index is 971. The van der Waals surface area contributed by atoms with Crippen LogP contribution in [0.1, 0.15) is 72.3 Å². The van der Waals surface area contributed by atoms with Gasteiger partial charge in [-0.3, -0.25) is 19.2 Å². The first-order valence-corrected chi connectivity index (χ1v) is 13.7. The fourth-order valence-electron chi connectivity index (χ4n) is 4.23. The van der Waals surface area contributed by atoms with Crippen LogP contribution in [0.15, 0.2) is 24.3 Å². The summed E-state index contributed by atoms with van der Waals surface area (Å²) >= 11 is 0.955. The first kappa shape index (κ1) is 30.3. The highest BCUT2D eigenvalue weighted by molar-refractivity contribution is 8.14. The molecule has 1 saturated carbocycles. The van der Waals surface area contributed by atoms with Crippen molar-refractivity contribution in [3.63, 3.8) is 0 Å². The molecule has 1 aromatic carbocycles. The Kier molecular flexibility index (Phi) is 11.6. The number of hydrogen-bond donors (Lipinski definition) is 2. The van der Waals surface area contributed by atoms with Gasteiger partial charge in [0, 0.05) is 19.8 Å². The second-order valence-corrected chi connectivity index (χ2v) is 10.8. The normalized spacial score (nSPS) is 15.9. The van der Waals surface area contributed by atoms with Gasteiger partial charge in [0.1, 0.15) is 17.3 Å². The molecule has 1 aliphatic rings. The molecule has 2 atom stereocenters. The topological polar surface area (TPSA) is 128 Å². The monoisotopic (exact) mass is 534 g/mol. The van der Waals surface area contributed by atoms with Gasteiger partial charge in [-0.25, -0.2) is 4.79 Å². The number of hydrogen-bond acceptors (Lipinski definition) is 8. The standard InChI is InChI=1S/C27H38N2O7S/c1-6-22(31)36-20-12-10-19(11-13-20)16-21(25(33)35-7-2)28-26(34)27(14-8-9-15-27)29-24(32)23(17(3)4)37-18(5)30/h10-13,17,21,23H,6-9,14-16H2,1-5H3,(H,28,34)(H,29,32)/t21-,23+/m0/s1. The molecular weight excluding hydrogens is 496 g/mol. The highest BCUT2D eigenvalue weighted by Gasteiger charge is 2.45. The minimum atomic E-state index is -1.16. The second kappa shape index (κ2) is 14.2. The smallest absolute Gasteiger partial charge is 0.328 e. The zero-order chi connectivity index (χ0) is 27.6. The molecule has 204 valence electrons. The number of ether oxygens (including phenoxy) is 2. The maximum Gasteiger partial charge on any atom is 0.328 e. The zero-order valence-corrected chi connectivity index (χ0v) is 23.1. The van der Waals surface area contributed by atoms with Gasteiger partial charge in [-0.2, -0.15) is 0 Å². The number of nitrogens with one attached hydrogen (secondary N) is 2. The molecule has 0 aromatic heterocycles. The summed E-state index contributed by atoms with van der Waals surface area (Å²) in [7, 11) is 0. The van der Waals surface area contributed by atoms with Crippen LogP contribution >= 0.6 is 11.8 Å². The number of carbonyl (C=O) groups is 5. The molecule has 1 aromatic rings. The third-order valence-electron chi connectivity index (χ3n) is 6.17. The largest absolute Gasteiger partial charge is 0.464 e. The maximum absolute atomic E-state index is 13.6. The molecule has 0 aliphatic heterocycles. The molecule has 0 heterocycles. The lowest BCUT2D eigenvalue weighted by Gasteiger charge is -2.33. The number of rotatable bonds is 12. The minimum Gasteiger partial charge on any atom is -0.464 e. The van der Waals surface area contributed by atoms with Crippen LogP contribution in [-0.2, 0) is 35.1 Å². The molecule has 0 unspecified atom stereocenters. The molecule has 37 heavy (non-hydrogen) atoms. The SMILES string of the molecule is CCOC(=O)[C@H](Cc1ccc(OC(=O)CC)cc1)NC(=O)C1(NC(=O)[C@H](SC(C)=O)C(C)C)CCCC1. The lowest BCUT2D eigenvalue weighted by Crippen LogP contribution is -2.61. The van der Waals surface area contributed by atoms with Gasteiger partial charge in [0.05, 0.1) is 11.9 Å². The van der Waals surface area contributed by atoms with Gasteiger partial charge < -0.3 is 20.1 Å². The lowest BCUT2D eigenvalue weighted by molar-refractivity contribution is -0.148. The average molecular weight is 535 g/mol. The van der Waals surface area contributed by atoms with Gasteiger partial charge in [-0.15, -0.1) is 0 Å². The van der Waals surface area contributed by atoms with Crippen LogP contribution < -0.4 is 15.4 Å². The van der Waals surface area contributed by atoms with E-state index in [0.717, 1.165) is 30.2 Å². The van der Waals surface area contributed by atoms with Crippen LogP contribution in [0.4, 0.5) is 0 Å². The molecule has 0 spiro atoms. The first-order valence-electron chi connectivity index (χ1n) is 12.8. The summed E-state index contributed by atoms with van der Waals surface area (Å²) in [6, 6.07) is 5.72. The predicted octanol–water partition coefficient (Wildman–Crippen LogP) is 3.33. The van der Waals surface area contributed by atoms with Crippen molar-refractivity contribution in [1.29, 1.82) is 0 Å². The Morgan fingerprint density at radius 3 is 2.16 bits per heavy atom. The van der Waals surface area contributed by atoms with Crippen molar-refractivity contribution in [2.45, 2.75) is 90.0 Å². The Morgan fingerprint density at radius 1 is 1.03 bits per heavy atom. The van der Waals surface area contributed by atoms with Crippen LogP contribution in [0, 0.1) is 5.92 Å². The van der Waals surface area contributed by atoms with E-state index in [4.69, 9.17) is 9.47 Å². The van der Waals surface area contributed by atoms with E-state index in [1.165, 1.54) is 6.92 Å². The van der Waals surface area contributed by atoms with Gasteiger partial charge in [-0.1, -0.05) is 57.5 Å². The van der Waals surface area contributed by atoms with E-state index in [0.29, 0.717) is 18.6 Å². The van der Waals surface area contributed by atoms with Crippen molar-refractivity contribution in [3.05, 3.63) is 29.8 Å². The number of esters is 2. The van der Waals surface area contributed by atoms with E-state index >= 15 is 0 Å². The predicted molar refractivity (Wildman–Crippen MR) is 141 cm³/mol. The van der Waals surface area contributed by atoms with E-state index in [1.54, 1.807) is 38.1 Å². The summed E-state index contributed by atoms with van der Waals surface area (Å²) in [4.78, 5) is 62.7. The van der Waals surface area contributed by atoms with E-state index in [1.807, 2.05) is 13.8 Å². The van der Waals surface area contributed by atoms with E-state index in [2.05, 4.69) is 10.6 Å². The molecule has 1 fully saturated rings. The molecule has 0 saturated heterocycles. The molecule has 2 rings (SSSR count). The Hall–Kier alpha value is -2.88. The summed E-state index contributed by atoms with van der Waals surface area (Å²) in [6.07, 6.45) is 2.79. The van der Waals surface area contributed by atoms with E-state index in [-0.39, 0.29) is 42.4 Å². The Morgan fingerprint density at radius 2 is 1.65 bits per heavy atom. The molecule has 0 radical (unpaired) electrons. The second-order valence-electron chi connectivity index (χ2n) is 9.51. The molecule has 2 N–H and O–H groups in total. The molecule has 10 heteroatoms. The van der Waals surface area contributed by atoms with Gasteiger partial charge in [0.2, 0.25) is 11.8 Å².